The van der Waals surface area contributed by atoms with Crippen molar-refractivity contribution in [1.82, 2.24) is 9.62 Å². The molecule has 0 bridgehead atoms. The normalized spacial score (nSPS) is 16.1. The van der Waals surface area contributed by atoms with E-state index in [9.17, 15) is 8.42 Å². The van der Waals surface area contributed by atoms with Crippen LogP contribution in [0, 0.1) is 0 Å². The highest BCUT2D eigenvalue weighted by Gasteiger charge is 2.26. The first kappa shape index (κ1) is 19.1. The van der Waals surface area contributed by atoms with Gasteiger partial charge in [-0.1, -0.05) is 13.8 Å². The van der Waals surface area contributed by atoms with Crippen molar-refractivity contribution in [3.63, 3.8) is 0 Å². The number of nitrogens with zero attached hydrogens (tertiary/aromatic N) is 1. The van der Waals surface area contributed by atoms with Crippen LogP contribution in [-0.2, 0) is 14.8 Å². The summed E-state index contributed by atoms with van der Waals surface area (Å²) < 4.78 is 31.8. The zero-order chi connectivity index (χ0) is 17.6. The van der Waals surface area contributed by atoms with Gasteiger partial charge in [-0.2, -0.15) is 4.31 Å². The lowest BCUT2D eigenvalue weighted by atomic mass is 10.2. The van der Waals surface area contributed by atoms with Gasteiger partial charge in [-0.15, -0.1) is 0 Å². The first-order valence-electron chi connectivity index (χ1n) is 8.22. The molecule has 0 aromatic heterocycles. The maximum Gasteiger partial charge on any atom is 0.243 e. The van der Waals surface area contributed by atoms with Crippen LogP contribution in [-0.4, -0.2) is 50.2 Å². The zero-order valence-corrected chi connectivity index (χ0v) is 15.8. The lowest BCUT2D eigenvalue weighted by Gasteiger charge is -2.26. The number of thiocarbonyl (C=S) groups is 1. The fourth-order valence-corrected chi connectivity index (χ4v) is 4.18. The molecule has 1 aliphatic rings. The number of ether oxygens (including phenoxy) is 1. The van der Waals surface area contributed by atoms with Gasteiger partial charge in [0.05, 0.1) is 18.1 Å². The van der Waals surface area contributed by atoms with Gasteiger partial charge in [-0.3, -0.25) is 0 Å². The van der Waals surface area contributed by atoms with E-state index in [2.05, 4.69) is 24.5 Å². The van der Waals surface area contributed by atoms with E-state index >= 15 is 0 Å². The van der Waals surface area contributed by atoms with Crippen LogP contribution in [0.25, 0.3) is 0 Å². The maximum atomic E-state index is 12.6. The van der Waals surface area contributed by atoms with Crippen molar-refractivity contribution >= 4 is 33.0 Å². The summed E-state index contributed by atoms with van der Waals surface area (Å²) in [5.74, 6) is 0. The fourth-order valence-electron chi connectivity index (χ4n) is 2.49. The highest BCUT2D eigenvalue weighted by atomic mass is 32.2. The Bertz CT molecular complexity index is 637. The summed E-state index contributed by atoms with van der Waals surface area (Å²) in [6.07, 6.45) is 1.99. The predicted molar refractivity (Wildman–Crippen MR) is 99.7 cm³/mol. The number of hydrogen-bond acceptors (Lipinski definition) is 4. The molecule has 0 saturated carbocycles. The third kappa shape index (κ3) is 4.89. The highest BCUT2D eigenvalue weighted by Crippen LogP contribution is 2.19. The minimum Gasteiger partial charge on any atom is -0.379 e. The molecule has 1 aliphatic heterocycles. The van der Waals surface area contributed by atoms with Gasteiger partial charge in [-0.05, 0) is 49.3 Å². The molecule has 0 spiro atoms. The third-order valence-corrected chi connectivity index (χ3v) is 6.17. The minimum atomic E-state index is -3.46. The van der Waals surface area contributed by atoms with E-state index in [-0.39, 0.29) is 4.90 Å². The first-order valence-corrected chi connectivity index (χ1v) is 10.1. The third-order valence-electron chi connectivity index (χ3n) is 4.04. The molecular weight excluding hydrogens is 346 g/mol. The Labute approximate surface area is 149 Å². The molecule has 1 fully saturated rings. The number of sulfonamides is 1. The van der Waals surface area contributed by atoms with Gasteiger partial charge in [-0.25, -0.2) is 8.42 Å². The molecule has 0 amide bonds. The standard InChI is InChI=1S/C16H25N3O3S2/c1-3-13(4-2)17-16(23)18-14-5-7-15(8-6-14)24(20,21)19-9-11-22-12-10-19/h5-8,13H,3-4,9-12H2,1-2H3,(H2,17,18,23). The summed E-state index contributed by atoms with van der Waals surface area (Å²) >= 11 is 5.29. The maximum absolute atomic E-state index is 12.6. The van der Waals surface area contributed by atoms with E-state index < -0.39 is 10.0 Å². The molecule has 134 valence electrons. The van der Waals surface area contributed by atoms with E-state index in [4.69, 9.17) is 17.0 Å². The number of benzene rings is 1. The second kappa shape index (κ2) is 8.75. The van der Waals surface area contributed by atoms with Crippen molar-refractivity contribution < 1.29 is 13.2 Å². The van der Waals surface area contributed by atoms with E-state index in [1.165, 1.54) is 4.31 Å². The Balaban J connectivity index is 2.01. The van der Waals surface area contributed by atoms with E-state index in [0.29, 0.717) is 37.5 Å². The lowest BCUT2D eigenvalue weighted by molar-refractivity contribution is 0.0730. The van der Waals surface area contributed by atoms with Crippen molar-refractivity contribution in [3.8, 4) is 0 Å². The number of morpholine rings is 1. The smallest absolute Gasteiger partial charge is 0.243 e. The molecule has 8 heteroatoms. The SMILES string of the molecule is CCC(CC)NC(=S)Nc1ccc(S(=O)(=O)N2CCOCC2)cc1. The molecule has 0 radical (unpaired) electrons. The molecule has 2 N–H and O–H groups in total. The lowest BCUT2D eigenvalue weighted by Crippen LogP contribution is -2.40. The summed E-state index contributed by atoms with van der Waals surface area (Å²) in [5, 5.41) is 6.88. The van der Waals surface area contributed by atoms with Gasteiger partial charge >= 0.3 is 0 Å². The second-order valence-electron chi connectivity index (χ2n) is 5.65. The van der Waals surface area contributed by atoms with Crippen molar-refractivity contribution in [3.05, 3.63) is 24.3 Å². The molecule has 1 aromatic carbocycles. The first-order chi connectivity index (χ1) is 11.5. The van der Waals surface area contributed by atoms with Crippen LogP contribution < -0.4 is 10.6 Å². The van der Waals surface area contributed by atoms with Gasteiger partial charge in [0.25, 0.3) is 0 Å². The van der Waals surface area contributed by atoms with Gasteiger partial charge in [0, 0.05) is 24.8 Å². The molecule has 1 heterocycles. The Kier molecular flexibility index (Phi) is 6.97. The van der Waals surface area contributed by atoms with Gasteiger partial charge in [0.15, 0.2) is 5.11 Å². The Morgan fingerprint density at radius 1 is 1.21 bits per heavy atom. The van der Waals surface area contributed by atoms with Crippen molar-refractivity contribution in [2.24, 2.45) is 0 Å². The minimum absolute atomic E-state index is 0.286. The summed E-state index contributed by atoms with van der Waals surface area (Å²) in [7, 11) is -3.46. The van der Waals surface area contributed by atoms with Gasteiger partial charge in [0.2, 0.25) is 10.0 Å². The number of hydrogen-bond donors (Lipinski definition) is 2. The summed E-state index contributed by atoms with van der Waals surface area (Å²) in [4.78, 5) is 0.286. The van der Waals surface area contributed by atoms with E-state index in [1.807, 2.05) is 0 Å². The predicted octanol–water partition coefficient (Wildman–Crippen LogP) is 2.18. The molecule has 0 aliphatic carbocycles. The number of nitrogens with one attached hydrogen (secondary N) is 2. The van der Waals surface area contributed by atoms with Gasteiger partial charge in [0.1, 0.15) is 0 Å². The molecule has 0 atom stereocenters. The molecule has 6 nitrogen and oxygen atoms in total. The topological polar surface area (TPSA) is 70.7 Å². The molecule has 0 unspecified atom stereocenters. The van der Waals surface area contributed by atoms with Crippen LogP contribution >= 0.6 is 12.2 Å². The Hall–Kier alpha value is -1.22. The van der Waals surface area contributed by atoms with Crippen molar-refractivity contribution in [2.75, 3.05) is 31.6 Å². The average molecular weight is 372 g/mol. The van der Waals surface area contributed by atoms with E-state index in [0.717, 1.165) is 18.5 Å². The van der Waals surface area contributed by atoms with Crippen molar-refractivity contribution in [2.45, 2.75) is 37.6 Å². The Morgan fingerprint density at radius 2 is 1.79 bits per heavy atom. The monoisotopic (exact) mass is 371 g/mol. The quantitative estimate of drug-likeness (QED) is 0.747. The average Bonchev–Trinajstić information content (AvgIpc) is 2.61. The molecule has 1 aromatic rings. The Morgan fingerprint density at radius 3 is 2.33 bits per heavy atom. The van der Waals surface area contributed by atoms with Gasteiger partial charge < -0.3 is 15.4 Å². The summed E-state index contributed by atoms with van der Waals surface area (Å²) in [6, 6.07) is 7.01. The second-order valence-corrected chi connectivity index (χ2v) is 8.00. The zero-order valence-electron chi connectivity index (χ0n) is 14.1. The van der Waals surface area contributed by atoms with E-state index in [1.54, 1.807) is 24.3 Å². The van der Waals surface area contributed by atoms with Crippen LogP contribution in [0.4, 0.5) is 5.69 Å². The molecule has 1 saturated heterocycles. The highest BCUT2D eigenvalue weighted by molar-refractivity contribution is 7.89. The fraction of sp³-hybridized carbons (Fsp3) is 0.562. The van der Waals surface area contributed by atoms with Crippen LogP contribution in [0.3, 0.4) is 0 Å². The molecule has 24 heavy (non-hydrogen) atoms. The van der Waals surface area contributed by atoms with Crippen molar-refractivity contribution in [1.29, 1.82) is 0 Å². The summed E-state index contributed by atoms with van der Waals surface area (Å²) in [6.45, 7) is 5.88. The number of rotatable bonds is 6. The van der Waals surface area contributed by atoms with Crippen LogP contribution in [0.2, 0.25) is 0 Å². The summed E-state index contributed by atoms with van der Waals surface area (Å²) in [5.41, 5.74) is 0.763. The van der Waals surface area contributed by atoms with Crippen LogP contribution in [0.5, 0.6) is 0 Å². The molecular formula is C16H25N3O3S2. The van der Waals surface area contributed by atoms with Crippen LogP contribution in [0.1, 0.15) is 26.7 Å². The molecule has 2 rings (SSSR count). The van der Waals surface area contributed by atoms with Crippen LogP contribution in [0.15, 0.2) is 29.2 Å². The largest absolute Gasteiger partial charge is 0.379 e. The number of anilines is 1.